The van der Waals surface area contributed by atoms with E-state index in [1.807, 2.05) is 6.92 Å². The third kappa shape index (κ3) is 6.92. The van der Waals surface area contributed by atoms with E-state index in [4.69, 9.17) is 0 Å². The fourth-order valence-corrected chi connectivity index (χ4v) is 0.455. The fourth-order valence-electron chi connectivity index (χ4n) is 0.455. The Bertz CT molecular complexity index is 203. The summed E-state index contributed by atoms with van der Waals surface area (Å²) < 4.78 is 8.69. The Balaban J connectivity index is 3.61. The van der Waals surface area contributed by atoms with Crippen LogP contribution in [0.2, 0.25) is 0 Å². The molecule has 0 bridgehead atoms. The van der Waals surface area contributed by atoms with Gasteiger partial charge in [-0.05, 0) is 6.42 Å². The summed E-state index contributed by atoms with van der Waals surface area (Å²) in [5.41, 5.74) is 0. The molecule has 6 heteroatoms. The smallest absolute Gasteiger partial charge is 0.450 e. The van der Waals surface area contributed by atoms with Crippen LogP contribution in [0.5, 0.6) is 0 Å². The molecule has 0 saturated carbocycles. The fraction of sp³-hybridized carbons (Fsp3) is 0.714. The van der Waals surface area contributed by atoms with Crippen molar-refractivity contribution in [2.75, 3.05) is 13.7 Å². The molecule has 0 unspecified atom stereocenters. The molecule has 0 heterocycles. The molecule has 0 N–H and O–H groups in total. The minimum Gasteiger partial charge on any atom is -0.450 e. The number of amides is 2. The lowest BCUT2D eigenvalue weighted by atomic mass is 10.4. The molecular formula is C7H12N2O4. The van der Waals surface area contributed by atoms with Crippen LogP contribution in [0.3, 0.4) is 0 Å². The molecule has 13 heavy (non-hydrogen) atoms. The maximum atomic E-state index is 10.6. The molecule has 2 amide bonds. The highest BCUT2D eigenvalue weighted by Gasteiger charge is 2.00. The summed E-state index contributed by atoms with van der Waals surface area (Å²) in [6.45, 7) is 2.25. The zero-order valence-electron chi connectivity index (χ0n) is 7.65. The number of methoxy groups -OCH3 is 1. The number of ether oxygens (including phenoxy) is 2. The predicted octanol–water partition coefficient (Wildman–Crippen LogP) is 2.14. The van der Waals surface area contributed by atoms with E-state index in [0.717, 1.165) is 20.0 Å². The second-order valence-electron chi connectivity index (χ2n) is 2.14. The van der Waals surface area contributed by atoms with E-state index in [1.54, 1.807) is 0 Å². The molecule has 0 rings (SSSR count). The van der Waals surface area contributed by atoms with Crippen molar-refractivity contribution in [3.63, 3.8) is 0 Å². The quantitative estimate of drug-likeness (QED) is 0.502. The van der Waals surface area contributed by atoms with Gasteiger partial charge in [0.1, 0.15) is 0 Å². The summed E-state index contributed by atoms with van der Waals surface area (Å²) in [4.78, 5) is 21.0. The molecule has 74 valence electrons. The lowest BCUT2D eigenvalue weighted by Gasteiger charge is -1.96. The average Bonchev–Trinajstić information content (AvgIpc) is 2.14. The molecule has 0 aromatic carbocycles. The Kier molecular flexibility index (Phi) is 6.39. The Morgan fingerprint density at radius 3 is 2.38 bits per heavy atom. The van der Waals surface area contributed by atoms with Crippen LogP contribution in [0.15, 0.2) is 10.2 Å². The number of azo groups is 1. The number of hydrogen-bond acceptors (Lipinski definition) is 4. The highest BCUT2D eigenvalue weighted by Crippen LogP contribution is 1.92. The van der Waals surface area contributed by atoms with Gasteiger partial charge >= 0.3 is 12.2 Å². The van der Waals surface area contributed by atoms with Gasteiger partial charge in [-0.15, -0.1) is 0 Å². The van der Waals surface area contributed by atoms with Crippen molar-refractivity contribution in [2.45, 2.75) is 19.8 Å². The second-order valence-corrected chi connectivity index (χ2v) is 2.14. The van der Waals surface area contributed by atoms with Crippen molar-refractivity contribution in [3.8, 4) is 0 Å². The third-order valence-electron chi connectivity index (χ3n) is 1.11. The molecule has 0 aliphatic carbocycles. The number of hydrogen-bond donors (Lipinski definition) is 0. The van der Waals surface area contributed by atoms with Gasteiger partial charge in [0.2, 0.25) is 0 Å². The zero-order valence-corrected chi connectivity index (χ0v) is 7.65. The zero-order chi connectivity index (χ0) is 10.1. The van der Waals surface area contributed by atoms with Crippen LogP contribution in [0.25, 0.3) is 0 Å². The van der Waals surface area contributed by atoms with E-state index in [-0.39, 0.29) is 6.61 Å². The van der Waals surface area contributed by atoms with Crippen LogP contribution in [-0.4, -0.2) is 25.9 Å². The summed E-state index contributed by atoms with van der Waals surface area (Å²) >= 11 is 0. The molecule has 0 aliphatic rings. The van der Waals surface area contributed by atoms with E-state index < -0.39 is 12.2 Å². The molecule has 0 aromatic rings. The molecule has 0 spiro atoms. The Morgan fingerprint density at radius 2 is 1.85 bits per heavy atom. The molecular weight excluding hydrogens is 176 g/mol. The van der Waals surface area contributed by atoms with Crippen LogP contribution < -0.4 is 0 Å². The Hall–Kier alpha value is -1.46. The first kappa shape index (κ1) is 11.5. The first-order valence-electron chi connectivity index (χ1n) is 3.87. The Labute approximate surface area is 75.9 Å². The summed E-state index contributed by atoms with van der Waals surface area (Å²) in [6.07, 6.45) is -0.118. The van der Waals surface area contributed by atoms with E-state index in [0.29, 0.717) is 0 Å². The van der Waals surface area contributed by atoms with Crippen LogP contribution in [-0.2, 0) is 9.47 Å². The molecule has 6 nitrogen and oxygen atoms in total. The van der Waals surface area contributed by atoms with Crippen molar-refractivity contribution in [1.29, 1.82) is 0 Å². The van der Waals surface area contributed by atoms with Gasteiger partial charge in [-0.2, -0.15) is 0 Å². The summed E-state index contributed by atoms with van der Waals surface area (Å²) in [5.74, 6) is 0. The van der Waals surface area contributed by atoms with Crippen LogP contribution >= 0.6 is 0 Å². The monoisotopic (exact) mass is 188 g/mol. The lowest BCUT2D eigenvalue weighted by Crippen LogP contribution is -2.01. The van der Waals surface area contributed by atoms with E-state index >= 15 is 0 Å². The molecule has 0 radical (unpaired) electrons. The topological polar surface area (TPSA) is 77.3 Å². The Morgan fingerprint density at radius 1 is 1.23 bits per heavy atom. The largest absolute Gasteiger partial charge is 0.452 e. The second kappa shape index (κ2) is 7.20. The normalized spacial score (nSPS) is 10.0. The van der Waals surface area contributed by atoms with Crippen molar-refractivity contribution >= 4 is 12.2 Å². The SMILES string of the molecule is CCCCOC(=O)N=NC(=O)OC. The summed E-state index contributed by atoms with van der Waals surface area (Å²) in [5, 5.41) is 5.87. The number of nitrogens with zero attached hydrogens (tertiary/aromatic N) is 2. The van der Waals surface area contributed by atoms with Gasteiger partial charge in [-0.3, -0.25) is 0 Å². The van der Waals surface area contributed by atoms with Gasteiger partial charge in [-0.25, -0.2) is 9.59 Å². The number of carbonyl (C=O) groups is 2. The molecule has 0 saturated heterocycles. The molecule has 0 atom stereocenters. The van der Waals surface area contributed by atoms with Crippen LogP contribution in [0, 0.1) is 0 Å². The third-order valence-corrected chi connectivity index (χ3v) is 1.11. The van der Waals surface area contributed by atoms with Crippen molar-refractivity contribution in [1.82, 2.24) is 0 Å². The molecule has 0 fully saturated rings. The first-order chi connectivity index (χ1) is 6.20. The van der Waals surface area contributed by atoms with E-state index in [9.17, 15) is 9.59 Å². The minimum atomic E-state index is -0.924. The van der Waals surface area contributed by atoms with Gasteiger partial charge in [0, 0.05) is 0 Å². The number of carbonyl (C=O) groups excluding carboxylic acids is 2. The van der Waals surface area contributed by atoms with Gasteiger partial charge in [0.15, 0.2) is 0 Å². The highest BCUT2D eigenvalue weighted by atomic mass is 16.6. The lowest BCUT2D eigenvalue weighted by molar-refractivity contribution is 0.151. The predicted molar refractivity (Wildman–Crippen MR) is 43.5 cm³/mol. The van der Waals surface area contributed by atoms with E-state index in [2.05, 4.69) is 19.7 Å². The van der Waals surface area contributed by atoms with Crippen LogP contribution in [0.4, 0.5) is 9.59 Å². The minimum absolute atomic E-state index is 0.287. The van der Waals surface area contributed by atoms with Crippen molar-refractivity contribution in [2.24, 2.45) is 10.2 Å². The maximum absolute atomic E-state index is 10.6. The molecule has 0 aromatic heterocycles. The van der Waals surface area contributed by atoms with Gasteiger partial charge in [0.25, 0.3) is 0 Å². The summed E-state index contributed by atoms with van der Waals surface area (Å²) in [6, 6.07) is 0. The van der Waals surface area contributed by atoms with Crippen molar-refractivity contribution < 1.29 is 19.1 Å². The van der Waals surface area contributed by atoms with Gasteiger partial charge in [0.05, 0.1) is 13.7 Å². The standard InChI is InChI=1S/C7H12N2O4/c1-3-4-5-13-7(11)9-8-6(10)12-2/h3-5H2,1-2H3. The summed E-state index contributed by atoms with van der Waals surface area (Å²) in [7, 11) is 1.14. The van der Waals surface area contributed by atoms with E-state index in [1.165, 1.54) is 0 Å². The number of unbranched alkanes of at least 4 members (excludes halogenated alkanes) is 1. The number of rotatable bonds is 3. The van der Waals surface area contributed by atoms with Gasteiger partial charge < -0.3 is 9.47 Å². The maximum Gasteiger partial charge on any atom is 0.452 e. The van der Waals surface area contributed by atoms with Crippen LogP contribution in [0.1, 0.15) is 19.8 Å². The average molecular weight is 188 g/mol. The molecule has 0 aliphatic heterocycles. The van der Waals surface area contributed by atoms with Crippen molar-refractivity contribution in [3.05, 3.63) is 0 Å². The van der Waals surface area contributed by atoms with Gasteiger partial charge in [-0.1, -0.05) is 23.6 Å². The highest BCUT2D eigenvalue weighted by molar-refractivity contribution is 5.72. The first-order valence-corrected chi connectivity index (χ1v) is 3.87.